The highest BCUT2D eigenvalue weighted by molar-refractivity contribution is 6.03. The van der Waals surface area contributed by atoms with Gasteiger partial charge in [0.15, 0.2) is 11.2 Å². The molecule has 0 unspecified atom stereocenters. The lowest BCUT2D eigenvalue weighted by Crippen LogP contribution is -2.30. The molecule has 2 aromatic carbocycles. The number of aromatic amines is 1. The van der Waals surface area contributed by atoms with Crippen molar-refractivity contribution in [3.05, 3.63) is 88.5 Å². The number of ether oxygens (including phenoxy) is 2. The van der Waals surface area contributed by atoms with Crippen LogP contribution in [0.1, 0.15) is 33.4 Å². The number of fused-ring (bicyclic) bond motifs is 1. The number of anilines is 1. The first-order valence-electron chi connectivity index (χ1n) is 10.9. The largest absolute Gasteiger partial charge is 0.456 e. The molecule has 1 amide bonds. The highest BCUT2D eigenvalue weighted by atomic mass is 16.6. The number of amides is 1. The molecule has 0 aliphatic carbocycles. The molecule has 1 fully saturated rings. The van der Waals surface area contributed by atoms with E-state index in [-0.39, 0.29) is 30.1 Å². The van der Waals surface area contributed by atoms with Gasteiger partial charge in [0.1, 0.15) is 18.4 Å². The number of hydrogen-bond donors (Lipinski definition) is 3. The Kier molecular flexibility index (Phi) is 6.08. The number of hydrogen-bond acceptors (Lipinski definition) is 8. The predicted octanol–water partition coefficient (Wildman–Crippen LogP) is 1.88. The van der Waals surface area contributed by atoms with Crippen LogP contribution in [-0.4, -0.2) is 55.3 Å². The first kappa shape index (κ1) is 22.4. The third-order valence-electron chi connectivity index (χ3n) is 5.64. The van der Waals surface area contributed by atoms with E-state index in [0.717, 1.165) is 0 Å². The van der Waals surface area contributed by atoms with Gasteiger partial charge in [-0.2, -0.15) is 4.98 Å². The zero-order valence-corrected chi connectivity index (χ0v) is 18.3. The van der Waals surface area contributed by atoms with Gasteiger partial charge in [-0.15, -0.1) is 0 Å². The van der Waals surface area contributed by atoms with Crippen molar-refractivity contribution in [3.63, 3.8) is 0 Å². The Morgan fingerprint density at radius 2 is 1.80 bits per heavy atom. The van der Waals surface area contributed by atoms with Crippen LogP contribution < -0.4 is 10.9 Å². The number of esters is 1. The van der Waals surface area contributed by atoms with E-state index in [1.54, 1.807) is 60.7 Å². The summed E-state index contributed by atoms with van der Waals surface area (Å²) in [5.41, 5.74) is 0.468. The van der Waals surface area contributed by atoms with E-state index in [2.05, 4.69) is 20.3 Å². The second-order valence-corrected chi connectivity index (χ2v) is 7.92. The van der Waals surface area contributed by atoms with E-state index >= 15 is 0 Å². The van der Waals surface area contributed by atoms with Gasteiger partial charge < -0.3 is 14.6 Å². The Morgan fingerprint density at radius 3 is 2.49 bits per heavy atom. The number of imidazole rings is 1. The zero-order chi connectivity index (χ0) is 24.4. The molecule has 0 saturated carbocycles. The van der Waals surface area contributed by atoms with E-state index in [0.29, 0.717) is 11.1 Å². The van der Waals surface area contributed by atoms with Crippen LogP contribution in [0.4, 0.5) is 5.95 Å². The summed E-state index contributed by atoms with van der Waals surface area (Å²) < 4.78 is 13.0. The fourth-order valence-electron chi connectivity index (χ4n) is 3.90. The number of H-pyrrole nitrogens is 1. The first-order chi connectivity index (χ1) is 17.0. The van der Waals surface area contributed by atoms with Gasteiger partial charge in [0.05, 0.1) is 18.5 Å². The number of carbonyl (C=O) groups excluding carboxylic acids is 2. The zero-order valence-electron chi connectivity index (χ0n) is 18.3. The van der Waals surface area contributed by atoms with Crippen molar-refractivity contribution in [1.29, 1.82) is 0 Å². The van der Waals surface area contributed by atoms with Gasteiger partial charge in [0.25, 0.3) is 11.5 Å². The van der Waals surface area contributed by atoms with Gasteiger partial charge >= 0.3 is 5.97 Å². The predicted molar refractivity (Wildman–Crippen MR) is 124 cm³/mol. The van der Waals surface area contributed by atoms with Crippen molar-refractivity contribution in [1.82, 2.24) is 19.5 Å². The minimum atomic E-state index is -0.774. The third-order valence-corrected chi connectivity index (χ3v) is 5.64. The Balaban J connectivity index is 1.39. The maximum Gasteiger partial charge on any atom is 0.338 e. The molecule has 1 saturated heterocycles. The molecule has 178 valence electrons. The molecule has 11 nitrogen and oxygen atoms in total. The molecule has 11 heteroatoms. The molecule has 1 aliphatic rings. The molecule has 3 heterocycles. The number of nitrogens with zero attached hydrogens (tertiary/aromatic N) is 3. The number of rotatable bonds is 6. The summed E-state index contributed by atoms with van der Waals surface area (Å²) >= 11 is 0. The van der Waals surface area contributed by atoms with E-state index in [9.17, 15) is 19.5 Å². The number of aromatic nitrogens is 4. The van der Waals surface area contributed by atoms with Gasteiger partial charge in [-0.3, -0.25) is 24.5 Å². The number of benzene rings is 2. The maximum absolute atomic E-state index is 12.6. The summed E-state index contributed by atoms with van der Waals surface area (Å²) in [5.74, 6) is -1.03. The van der Waals surface area contributed by atoms with Crippen molar-refractivity contribution in [2.75, 3.05) is 11.9 Å². The van der Waals surface area contributed by atoms with Crippen LogP contribution >= 0.6 is 0 Å². The van der Waals surface area contributed by atoms with Crippen LogP contribution in [-0.2, 0) is 9.47 Å². The van der Waals surface area contributed by atoms with Crippen molar-refractivity contribution in [2.45, 2.75) is 24.9 Å². The lowest BCUT2D eigenvalue weighted by molar-refractivity contribution is -0.0500. The van der Waals surface area contributed by atoms with Crippen LogP contribution in [0, 0.1) is 0 Å². The number of carbonyl (C=O) groups is 2. The second kappa shape index (κ2) is 9.49. The molecule has 4 aromatic rings. The smallest absolute Gasteiger partial charge is 0.338 e. The molecule has 0 bridgehead atoms. The van der Waals surface area contributed by atoms with Crippen LogP contribution in [0.2, 0.25) is 0 Å². The van der Waals surface area contributed by atoms with Crippen molar-refractivity contribution in [3.8, 4) is 0 Å². The van der Waals surface area contributed by atoms with Gasteiger partial charge in [-0.1, -0.05) is 36.4 Å². The van der Waals surface area contributed by atoms with Crippen molar-refractivity contribution >= 4 is 29.0 Å². The molecular formula is C24H21N5O6. The molecule has 0 spiro atoms. The monoisotopic (exact) mass is 475 g/mol. The summed E-state index contributed by atoms with van der Waals surface area (Å²) in [6, 6.07) is 17.0. The van der Waals surface area contributed by atoms with Gasteiger partial charge in [-0.25, -0.2) is 9.78 Å². The summed E-state index contributed by atoms with van der Waals surface area (Å²) in [7, 11) is 0. The van der Waals surface area contributed by atoms with Crippen LogP contribution in [0.3, 0.4) is 0 Å². The molecule has 3 N–H and O–H groups in total. The Bertz CT molecular complexity index is 1420. The standard InChI is InChI=1S/C24H21N5O6/c30-12-17-16(35-23(33)15-9-5-2-6-10-15)11-18(34-17)29-13-25-19-20(29)26-24(28-22(19)32)27-21(31)14-7-3-1-4-8-14/h1-10,13,16-18,30H,11-12H2,(H2,26,27,28,31,32)/t16-,17+,18+/m0/s1. The van der Waals surface area contributed by atoms with Gasteiger partial charge in [0, 0.05) is 12.0 Å². The average Bonchev–Trinajstić information content (AvgIpc) is 3.49. The average molecular weight is 475 g/mol. The summed E-state index contributed by atoms with van der Waals surface area (Å²) in [6.45, 7) is -0.373. The normalized spacial score (nSPS) is 19.5. The second-order valence-electron chi connectivity index (χ2n) is 7.92. The number of aliphatic hydroxyl groups excluding tert-OH is 1. The highest BCUT2D eigenvalue weighted by Crippen LogP contribution is 2.32. The topological polar surface area (TPSA) is 148 Å². The first-order valence-corrected chi connectivity index (χ1v) is 10.9. The van der Waals surface area contributed by atoms with E-state index in [1.807, 2.05) is 0 Å². The molecule has 35 heavy (non-hydrogen) atoms. The van der Waals surface area contributed by atoms with Crippen molar-refractivity contribution < 1.29 is 24.2 Å². The lowest BCUT2D eigenvalue weighted by atomic mass is 10.1. The molecule has 2 aromatic heterocycles. The fraction of sp³-hybridized carbons (Fsp3) is 0.208. The van der Waals surface area contributed by atoms with Gasteiger partial charge in [0.2, 0.25) is 5.95 Å². The van der Waals surface area contributed by atoms with Crippen molar-refractivity contribution in [2.24, 2.45) is 0 Å². The van der Waals surface area contributed by atoms with E-state index < -0.39 is 35.9 Å². The van der Waals surface area contributed by atoms with Gasteiger partial charge in [-0.05, 0) is 24.3 Å². The minimum absolute atomic E-state index is 0.0524. The van der Waals surface area contributed by atoms with Crippen LogP contribution in [0.15, 0.2) is 71.8 Å². The van der Waals surface area contributed by atoms with E-state index in [1.165, 1.54) is 10.9 Å². The maximum atomic E-state index is 12.6. The molecule has 3 atom stereocenters. The van der Waals surface area contributed by atoms with Crippen LogP contribution in [0.25, 0.3) is 11.2 Å². The van der Waals surface area contributed by atoms with E-state index in [4.69, 9.17) is 9.47 Å². The Hall–Kier alpha value is -4.35. The molecule has 1 aliphatic heterocycles. The third kappa shape index (κ3) is 4.54. The minimum Gasteiger partial charge on any atom is -0.456 e. The number of aliphatic hydroxyl groups is 1. The quantitative estimate of drug-likeness (QED) is 0.358. The summed E-state index contributed by atoms with van der Waals surface area (Å²) in [5, 5.41) is 12.4. The molecular weight excluding hydrogens is 454 g/mol. The summed E-state index contributed by atoms with van der Waals surface area (Å²) in [4.78, 5) is 48.5. The number of nitrogens with one attached hydrogen (secondary N) is 2. The fourth-order valence-corrected chi connectivity index (χ4v) is 3.90. The molecule has 5 rings (SSSR count). The summed E-state index contributed by atoms with van der Waals surface area (Å²) in [6.07, 6.45) is -0.623. The SMILES string of the molecule is O=C(Nc1nc2c(ncn2[C@H]2C[C@H](OC(=O)c3ccccc3)[C@@H](CO)O2)c(=O)[nH]1)c1ccccc1. The Morgan fingerprint density at radius 1 is 1.11 bits per heavy atom. The Labute approximate surface area is 198 Å². The molecule has 0 radical (unpaired) electrons. The van der Waals surface area contributed by atoms with Crippen LogP contribution in [0.5, 0.6) is 0 Å². The lowest BCUT2D eigenvalue weighted by Gasteiger charge is -2.16. The highest BCUT2D eigenvalue weighted by Gasteiger charge is 2.39.